The topological polar surface area (TPSA) is 83.0 Å². The van der Waals surface area contributed by atoms with Crippen LogP contribution in [-0.2, 0) is 25.6 Å². The van der Waals surface area contributed by atoms with Gasteiger partial charge in [-0.15, -0.1) is 12.2 Å². The Morgan fingerprint density at radius 3 is 2.23 bits per heavy atom. The Labute approximate surface area is 197 Å². The SMILES string of the molecule is CC1(C)OC[C@]2(OC[C@@H]([O-])[C@@H]([O-])[C@@H]2OCc2ccccc2)O1.CCC[CH2][Sn+2][CH2]CCC. The molecule has 31 heavy (non-hydrogen) atoms. The predicted molar refractivity (Wildman–Crippen MR) is 118 cm³/mol. The number of rotatable bonds is 9. The van der Waals surface area contributed by atoms with Gasteiger partial charge in [-0.2, -0.15) is 0 Å². The van der Waals surface area contributed by atoms with E-state index in [9.17, 15) is 10.2 Å². The fourth-order valence-electron chi connectivity index (χ4n) is 3.52. The fourth-order valence-corrected chi connectivity index (χ4v) is 7.68. The first-order valence-electron chi connectivity index (χ1n) is 11.5. The van der Waals surface area contributed by atoms with Crippen LogP contribution in [0.4, 0.5) is 0 Å². The Bertz CT molecular complexity index is 607. The van der Waals surface area contributed by atoms with Gasteiger partial charge >= 0.3 is 69.5 Å². The third-order valence-corrected chi connectivity index (χ3v) is 9.35. The zero-order valence-corrected chi connectivity index (χ0v) is 22.3. The molecule has 0 aromatic heterocycles. The van der Waals surface area contributed by atoms with Gasteiger partial charge in [-0.3, -0.25) is 0 Å². The average molecular weight is 541 g/mol. The van der Waals surface area contributed by atoms with Crippen molar-refractivity contribution in [2.45, 2.75) is 98.7 Å². The number of ether oxygens (including phenoxy) is 4. The van der Waals surface area contributed by atoms with E-state index in [4.69, 9.17) is 18.9 Å². The first-order chi connectivity index (χ1) is 14.8. The molecule has 3 rings (SSSR count). The van der Waals surface area contributed by atoms with Crippen LogP contribution in [0, 0.1) is 0 Å². The van der Waals surface area contributed by atoms with E-state index in [0.29, 0.717) is 0 Å². The number of hydrogen-bond acceptors (Lipinski definition) is 6. The van der Waals surface area contributed by atoms with E-state index in [0.717, 1.165) is 5.56 Å². The molecule has 0 radical (unpaired) electrons. The molecule has 2 fully saturated rings. The second-order valence-corrected chi connectivity index (χ2v) is 12.9. The van der Waals surface area contributed by atoms with Crippen molar-refractivity contribution in [1.29, 1.82) is 0 Å². The van der Waals surface area contributed by atoms with E-state index in [1.807, 2.05) is 30.3 Å². The van der Waals surface area contributed by atoms with Crippen molar-refractivity contribution in [2.75, 3.05) is 13.2 Å². The molecule has 0 bridgehead atoms. The summed E-state index contributed by atoms with van der Waals surface area (Å²) in [6, 6.07) is 9.45. The van der Waals surface area contributed by atoms with Crippen molar-refractivity contribution >= 4 is 21.1 Å². The first kappa shape index (κ1) is 27.0. The quantitative estimate of drug-likeness (QED) is 0.354. The van der Waals surface area contributed by atoms with Gasteiger partial charge < -0.3 is 29.2 Å². The summed E-state index contributed by atoms with van der Waals surface area (Å²) in [7, 11) is 0. The normalized spacial score (nSPS) is 29.3. The third-order valence-electron chi connectivity index (χ3n) is 5.32. The number of hydrogen-bond donors (Lipinski definition) is 0. The molecule has 1 spiro atoms. The molecular formula is C24H38O6Sn. The molecule has 2 saturated heterocycles. The van der Waals surface area contributed by atoms with Crippen LogP contribution in [0.25, 0.3) is 0 Å². The Hall–Kier alpha value is -0.221. The molecule has 2 aliphatic rings. The molecule has 7 heteroatoms. The molecule has 0 aliphatic carbocycles. The van der Waals surface area contributed by atoms with Crippen LogP contribution in [0.2, 0.25) is 8.87 Å². The molecule has 0 saturated carbocycles. The van der Waals surface area contributed by atoms with E-state index in [-0.39, 0.29) is 41.0 Å². The Balaban J connectivity index is 0.000000323. The second kappa shape index (κ2) is 13.5. The van der Waals surface area contributed by atoms with E-state index in [2.05, 4.69) is 13.8 Å². The van der Waals surface area contributed by atoms with Gasteiger partial charge in [-0.05, 0) is 19.4 Å². The van der Waals surface area contributed by atoms with Crippen LogP contribution in [-0.4, -0.2) is 64.2 Å². The molecule has 4 atom stereocenters. The second-order valence-electron chi connectivity index (χ2n) is 8.59. The van der Waals surface area contributed by atoms with Crippen molar-refractivity contribution in [3.05, 3.63) is 35.9 Å². The molecule has 174 valence electrons. The molecule has 0 unspecified atom stereocenters. The summed E-state index contributed by atoms with van der Waals surface area (Å²) in [6.45, 7) is 8.15. The molecule has 0 N–H and O–H groups in total. The van der Waals surface area contributed by atoms with Gasteiger partial charge in [-0.25, -0.2) is 0 Å². The van der Waals surface area contributed by atoms with Crippen molar-refractivity contribution in [3.8, 4) is 0 Å². The minimum absolute atomic E-state index is 0.0743. The fraction of sp³-hybridized carbons (Fsp3) is 0.750. The van der Waals surface area contributed by atoms with Crippen LogP contribution < -0.4 is 10.2 Å². The van der Waals surface area contributed by atoms with Gasteiger partial charge in [0.05, 0.1) is 6.61 Å². The van der Waals surface area contributed by atoms with Crippen LogP contribution in [0.15, 0.2) is 30.3 Å². The van der Waals surface area contributed by atoms with Crippen LogP contribution in [0.3, 0.4) is 0 Å². The minimum atomic E-state index is -1.46. The molecule has 2 aliphatic heterocycles. The zero-order chi connectivity index (χ0) is 22.7. The van der Waals surface area contributed by atoms with Crippen molar-refractivity contribution < 1.29 is 29.2 Å². The van der Waals surface area contributed by atoms with Crippen LogP contribution >= 0.6 is 0 Å². The van der Waals surface area contributed by atoms with Gasteiger partial charge in [0, 0.05) is 6.61 Å². The van der Waals surface area contributed by atoms with Gasteiger partial charge in [0.15, 0.2) is 5.79 Å². The molecule has 2 heterocycles. The summed E-state index contributed by atoms with van der Waals surface area (Å²) in [5.41, 5.74) is 0.913. The van der Waals surface area contributed by atoms with Gasteiger partial charge in [-0.1, -0.05) is 30.3 Å². The zero-order valence-electron chi connectivity index (χ0n) is 19.4. The van der Waals surface area contributed by atoms with Crippen LogP contribution in [0.5, 0.6) is 0 Å². The summed E-state index contributed by atoms with van der Waals surface area (Å²) >= 11 is 0.149. The van der Waals surface area contributed by atoms with Crippen molar-refractivity contribution in [1.82, 2.24) is 0 Å². The van der Waals surface area contributed by atoms with Gasteiger partial charge in [0.25, 0.3) is 0 Å². The van der Waals surface area contributed by atoms with E-state index < -0.39 is 29.9 Å². The molecule has 0 amide bonds. The summed E-state index contributed by atoms with van der Waals surface area (Å²) in [6.07, 6.45) is 1.99. The van der Waals surface area contributed by atoms with Crippen LogP contribution in [0.1, 0.15) is 58.9 Å². The first-order valence-corrected chi connectivity index (χ1v) is 15.5. The summed E-state index contributed by atoms with van der Waals surface area (Å²) < 4.78 is 25.9. The maximum atomic E-state index is 12.3. The molecule has 6 nitrogen and oxygen atoms in total. The third kappa shape index (κ3) is 8.57. The predicted octanol–water partition coefficient (Wildman–Crippen LogP) is 2.67. The maximum absolute atomic E-state index is 12.3. The summed E-state index contributed by atoms with van der Waals surface area (Å²) in [5, 5.41) is 24.1. The van der Waals surface area contributed by atoms with E-state index in [1.54, 1.807) is 22.7 Å². The van der Waals surface area contributed by atoms with E-state index >= 15 is 0 Å². The molecule has 1 aromatic rings. The molecular weight excluding hydrogens is 503 g/mol. The average Bonchev–Trinajstić information content (AvgIpc) is 3.07. The van der Waals surface area contributed by atoms with Gasteiger partial charge in [0.1, 0.15) is 12.7 Å². The van der Waals surface area contributed by atoms with Crippen molar-refractivity contribution in [3.63, 3.8) is 0 Å². The van der Waals surface area contributed by atoms with E-state index in [1.165, 1.54) is 25.7 Å². The summed E-state index contributed by atoms with van der Waals surface area (Å²) in [5.74, 6) is -2.17. The van der Waals surface area contributed by atoms with Crippen molar-refractivity contribution in [2.24, 2.45) is 0 Å². The number of unbranched alkanes of at least 4 members (excludes halogenated alkanes) is 2. The monoisotopic (exact) mass is 542 g/mol. The number of benzene rings is 1. The van der Waals surface area contributed by atoms with Gasteiger partial charge in [0.2, 0.25) is 5.79 Å². The molecule has 1 aromatic carbocycles. The Kier molecular flexibility index (Phi) is 11.7. The summed E-state index contributed by atoms with van der Waals surface area (Å²) in [4.78, 5) is 0. The Morgan fingerprint density at radius 1 is 1.03 bits per heavy atom. The standard InChI is InChI=1S/C16H20O6.2C4H9.Sn/c1-15(2)21-10-16(22-15)14(13(18)12(17)9-20-16)19-8-11-6-4-3-5-7-11;2*1-3-4-2;/h3-7,12-14H,8-10H2,1-2H3;2*1,3-4H2,2H3;/q-2;;;+2/t12-,13-,14+,16+;;;/m1.../s1. The Morgan fingerprint density at radius 2 is 1.68 bits per heavy atom.